The molecule has 3 nitrogen and oxygen atoms in total. The molecule has 0 heterocycles. The van der Waals surface area contributed by atoms with Crippen molar-refractivity contribution < 1.29 is 13.9 Å². The second kappa shape index (κ2) is 10.6. The normalized spacial score (nSPS) is 9.72. The van der Waals surface area contributed by atoms with Crippen LogP contribution in [0.5, 0.6) is 5.75 Å². The van der Waals surface area contributed by atoms with E-state index >= 15 is 0 Å². The van der Waals surface area contributed by atoms with Gasteiger partial charge in [0.15, 0.2) is 6.29 Å². The van der Waals surface area contributed by atoms with E-state index in [2.05, 4.69) is 18.5 Å². The molecule has 0 fully saturated rings. The van der Waals surface area contributed by atoms with E-state index in [9.17, 15) is 9.18 Å². The number of benzene rings is 2. The Hall–Kier alpha value is -3.14. The Kier molecular flexibility index (Phi) is 8.44. The van der Waals surface area contributed by atoms with Gasteiger partial charge < -0.3 is 10.1 Å². The smallest absolute Gasteiger partial charge is 0.152 e. The molecule has 0 aliphatic carbocycles. The van der Waals surface area contributed by atoms with Gasteiger partial charge in [-0.15, -0.1) is 0 Å². The molecule has 0 atom stereocenters. The number of halogens is 1. The number of hydrogen-bond acceptors (Lipinski definition) is 3. The summed E-state index contributed by atoms with van der Waals surface area (Å²) in [7, 11) is 1.87. The highest BCUT2D eigenvalue weighted by Gasteiger charge is 1.96. The van der Waals surface area contributed by atoms with Crippen LogP contribution in [0.4, 0.5) is 10.1 Å². The molecule has 0 aliphatic heterocycles. The van der Waals surface area contributed by atoms with Crippen molar-refractivity contribution in [2.45, 2.75) is 6.92 Å². The summed E-state index contributed by atoms with van der Waals surface area (Å²) in [6.45, 7) is 9.50. The minimum absolute atomic E-state index is 0.109. The molecule has 0 saturated heterocycles. The van der Waals surface area contributed by atoms with Gasteiger partial charge in [-0.05, 0) is 37.3 Å². The van der Waals surface area contributed by atoms with Gasteiger partial charge >= 0.3 is 0 Å². The minimum atomic E-state index is -0.465. The van der Waals surface area contributed by atoms with Crippen LogP contribution in [-0.2, 0) is 0 Å². The summed E-state index contributed by atoms with van der Waals surface area (Å²) in [5, 5.41) is 3.05. The maximum Gasteiger partial charge on any atom is 0.152 e. The summed E-state index contributed by atoms with van der Waals surface area (Å²) < 4.78 is 17.9. The summed E-state index contributed by atoms with van der Waals surface area (Å²) >= 11 is 0. The number of ether oxygens (including phenoxy) is 1. The first-order valence-electron chi connectivity index (χ1n) is 7.64. The zero-order valence-corrected chi connectivity index (χ0v) is 14.5. The molecular weight excluding hydrogens is 317 g/mol. The highest BCUT2D eigenvalue weighted by atomic mass is 19.1. The van der Waals surface area contributed by atoms with Gasteiger partial charge in [-0.3, -0.25) is 4.79 Å². The molecule has 0 radical (unpaired) electrons. The largest absolute Gasteiger partial charge is 0.458 e. The van der Waals surface area contributed by atoms with Gasteiger partial charge in [0.05, 0.1) is 5.56 Å². The van der Waals surface area contributed by atoms with Crippen LogP contribution in [0, 0.1) is 5.82 Å². The number of nitrogens with one attached hydrogen (secondary N) is 1. The van der Waals surface area contributed by atoms with Crippen LogP contribution in [0.15, 0.2) is 85.2 Å². The van der Waals surface area contributed by atoms with Crippen LogP contribution in [-0.4, -0.2) is 13.3 Å². The third kappa shape index (κ3) is 7.79. The fraction of sp³-hybridized carbons (Fsp3) is 0.0952. The fourth-order valence-electron chi connectivity index (χ4n) is 1.71. The Bertz CT molecular complexity index is 766. The Morgan fingerprint density at radius 1 is 1.12 bits per heavy atom. The molecule has 0 bridgehead atoms. The van der Waals surface area contributed by atoms with Crippen LogP contribution >= 0.6 is 0 Å². The molecule has 0 spiro atoms. The molecular formula is C21H22FNO2. The Morgan fingerprint density at radius 3 is 2.40 bits per heavy atom. The van der Waals surface area contributed by atoms with E-state index in [1.54, 1.807) is 18.2 Å². The average molecular weight is 339 g/mol. The van der Waals surface area contributed by atoms with E-state index in [1.165, 1.54) is 12.1 Å². The molecule has 0 aliphatic rings. The van der Waals surface area contributed by atoms with Gasteiger partial charge in [0.1, 0.15) is 17.3 Å². The summed E-state index contributed by atoms with van der Waals surface area (Å²) in [6, 6.07) is 13.6. The number of carbonyl (C=O) groups excluding carboxylic acids is 1. The second-order valence-electron chi connectivity index (χ2n) is 5.17. The zero-order chi connectivity index (χ0) is 18.7. The van der Waals surface area contributed by atoms with Gasteiger partial charge in [0.2, 0.25) is 0 Å². The number of allylic oxidation sites excluding steroid dienone is 3. The third-order valence-corrected chi connectivity index (χ3v) is 2.96. The lowest BCUT2D eigenvalue weighted by Gasteiger charge is -2.07. The first-order chi connectivity index (χ1) is 12.0. The Balaban J connectivity index is 0.000000293. The molecule has 2 aromatic rings. The molecule has 1 N–H and O–H groups in total. The van der Waals surface area contributed by atoms with Crippen molar-refractivity contribution in [1.29, 1.82) is 0 Å². The number of hydrogen-bond donors (Lipinski definition) is 1. The number of aldehydes is 1. The van der Waals surface area contributed by atoms with E-state index in [-0.39, 0.29) is 5.56 Å². The average Bonchev–Trinajstić information content (AvgIpc) is 2.61. The van der Waals surface area contributed by atoms with Gasteiger partial charge in [0.25, 0.3) is 0 Å². The van der Waals surface area contributed by atoms with Gasteiger partial charge in [-0.1, -0.05) is 43.0 Å². The van der Waals surface area contributed by atoms with Crippen LogP contribution in [0.2, 0.25) is 0 Å². The molecule has 130 valence electrons. The van der Waals surface area contributed by atoms with Crippen molar-refractivity contribution in [2.75, 3.05) is 12.4 Å². The van der Waals surface area contributed by atoms with E-state index < -0.39 is 5.82 Å². The van der Waals surface area contributed by atoms with Crippen molar-refractivity contribution >= 4 is 12.0 Å². The number of rotatable bonds is 6. The third-order valence-electron chi connectivity index (χ3n) is 2.96. The summed E-state index contributed by atoms with van der Waals surface area (Å²) in [5.41, 5.74) is 2.08. The quantitative estimate of drug-likeness (QED) is 0.435. The second-order valence-corrected chi connectivity index (χ2v) is 5.17. The highest BCUT2D eigenvalue weighted by molar-refractivity contribution is 5.74. The van der Waals surface area contributed by atoms with E-state index in [0.717, 1.165) is 17.0 Å². The predicted molar refractivity (Wildman–Crippen MR) is 101 cm³/mol. The summed E-state index contributed by atoms with van der Waals surface area (Å²) in [4.78, 5) is 9.99. The van der Waals surface area contributed by atoms with Crippen LogP contribution < -0.4 is 10.1 Å². The highest BCUT2D eigenvalue weighted by Crippen LogP contribution is 2.19. The molecule has 0 aromatic heterocycles. The maximum atomic E-state index is 12.4. The molecule has 0 amide bonds. The Labute approximate surface area is 148 Å². The first-order valence-corrected chi connectivity index (χ1v) is 7.64. The maximum absolute atomic E-state index is 12.4. The molecule has 2 aromatic carbocycles. The van der Waals surface area contributed by atoms with Crippen molar-refractivity contribution in [3.63, 3.8) is 0 Å². The minimum Gasteiger partial charge on any atom is -0.458 e. The number of carbonyl (C=O) groups is 1. The van der Waals surface area contributed by atoms with E-state index in [1.807, 2.05) is 44.3 Å². The monoisotopic (exact) mass is 339 g/mol. The van der Waals surface area contributed by atoms with E-state index in [4.69, 9.17) is 4.74 Å². The van der Waals surface area contributed by atoms with Crippen molar-refractivity contribution in [1.82, 2.24) is 0 Å². The standard InChI is InChI=1S/C14H17NO.C7H5FO/c1-11(2)8-9-12(3)16-14-7-5-6-13(10-14)15-4;8-7-4-2-1-3-6(7)5-9/h5-10,15H,1,3H2,2,4H3;1-5H/b9-8-;. The SMILES string of the molecule is C=C(C)/C=C\C(=C)Oc1cccc(NC)c1.O=Cc1ccccc1F. The van der Waals surface area contributed by atoms with Crippen LogP contribution in [0.1, 0.15) is 17.3 Å². The van der Waals surface area contributed by atoms with E-state index in [0.29, 0.717) is 12.0 Å². The first kappa shape index (κ1) is 19.9. The molecule has 4 heteroatoms. The summed E-state index contributed by atoms with van der Waals surface area (Å²) in [5.74, 6) is 0.895. The van der Waals surface area contributed by atoms with Crippen LogP contribution in [0.25, 0.3) is 0 Å². The lowest BCUT2D eigenvalue weighted by Crippen LogP contribution is -1.92. The zero-order valence-electron chi connectivity index (χ0n) is 14.5. The Morgan fingerprint density at radius 2 is 1.84 bits per heavy atom. The fourth-order valence-corrected chi connectivity index (χ4v) is 1.71. The van der Waals surface area contributed by atoms with Crippen molar-refractivity contribution in [2.24, 2.45) is 0 Å². The van der Waals surface area contributed by atoms with Gasteiger partial charge in [-0.2, -0.15) is 0 Å². The number of anilines is 1. The molecule has 0 unspecified atom stereocenters. The van der Waals surface area contributed by atoms with Crippen LogP contribution in [0.3, 0.4) is 0 Å². The van der Waals surface area contributed by atoms with Crippen molar-refractivity contribution in [3.8, 4) is 5.75 Å². The van der Waals surface area contributed by atoms with Gasteiger partial charge in [0, 0.05) is 18.8 Å². The lowest BCUT2D eigenvalue weighted by atomic mass is 10.2. The molecule has 0 saturated carbocycles. The molecule has 25 heavy (non-hydrogen) atoms. The predicted octanol–water partition coefficient (Wildman–Crippen LogP) is 5.39. The molecule has 2 rings (SSSR count). The topological polar surface area (TPSA) is 38.3 Å². The van der Waals surface area contributed by atoms with Crippen molar-refractivity contribution in [3.05, 3.63) is 96.6 Å². The summed E-state index contributed by atoms with van der Waals surface area (Å²) in [6.07, 6.45) is 4.16. The van der Waals surface area contributed by atoms with Gasteiger partial charge in [-0.25, -0.2) is 4.39 Å². The lowest BCUT2D eigenvalue weighted by molar-refractivity contribution is 0.112.